The van der Waals surface area contributed by atoms with Gasteiger partial charge >= 0.3 is 0 Å². The summed E-state index contributed by atoms with van der Waals surface area (Å²) in [6.07, 6.45) is 5.92. The number of hydrogen-bond acceptors (Lipinski definition) is 2. The molecule has 0 spiro atoms. The van der Waals surface area contributed by atoms with Crippen molar-refractivity contribution in [2.75, 3.05) is 5.32 Å². The van der Waals surface area contributed by atoms with Crippen molar-refractivity contribution in [1.82, 2.24) is 4.98 Å². The molecule has 0 fully saturated rings. The van der Waals surface area contributed by atoms with E-state index in [2.05, 4.69) is 36.8 Å². The van der Waals surface area contributed by atoms with Gasteiger partial charge in [0.1, 0.15) is 5.82 Å². The van der Waals surface area contributed by atoms with E-state index in [4.69, 9.17) is 0 Å². The lowest BCUT2D eigenvalue weighted by atomic mass is 10.2. The van der Waals surface area contributed by atoms with Crippen LogP contribution in [0.2, 0.25) is 0 Å². The first-order chi connectivity index (χ1) is 6.72. The molecule has 0 aliphatic rings. The molecule has 1 atom stereocenters. The summed E-state index contributed by atoms with van der Waals surface area (Å²) in [4.78, 5) is 4.25. The largest absolute Gasteiger partial charge is 0.368 e. The van der Waals surface area contributed by atoms with Crippen molar-refractivity contribution >= 4 is 5.82 Å². The van der Waals surface area contributed by atoms with Gasteiger partial charge in [-0.3, -0.25) is 0 Å². The van der Waals surface area contributed by atoms with E-state index in [9.17, 15) is 0 Å². The highest BCUT2D eigenvalue weighted by molar-refractivity contribution is 5.37. The summed E-state index contributed by atoms with van der Waals surface area (Å²) in [6, 6.07) is 4.51. The molecule has 0 saturated heterocycles. The van der Waals surface area contributed by atoms with Gasteiger partial charge in [-0.2, -0.15) is 0 Å². The molecule has 2 heteroatoms. The topological polar surface area (TPSA) is 24.9 Å². The van der Waals surface area contributed by atoms with E-state index in [1.165, 1.54) is 5.56 Å². The Hall–Kier alpha value is -1.31. The van der Waals surface area contributed by atoms with E-state index in [1.807, 2.05) is 18.3 Å². The van der Waals surface area contributed by atoms with Gasteiger partial charge < -0.3 is 5.32 Å². The maximum atomic E-state index is 4.25. The van der Waals surface area contributed by atoms with Crippen LogP contribution in [0.25, 0.3) is 0 Å². The zero-order chi connectivity index (χ0) is 10.4. The van der Waals surface area contributed by atoms with Gasteiger partial charge in [0, 0.05) is 12.2 Å². The number of anilines is 1. The standard InChI is InChI=1S/C12H18N2/c1-4-5-6-11(3)14-12-9-10(2)7-8-13-12/h4,7-9,11H,1,5-6H2,2-3H3,(H,13,14). The first-order valence-corrected chi connectivity index (χ1v) is 5.02. The molecule has 1 N–H and O–H groups in total. The van der Waals surface area contributed by atoms with Crippen molar-refractivity contribution in [1.29, 1.82) is 0 Å². The van der Waals surface area contributed by atoms with Crippen molar-refractivity contribution in [2.24, 2.45) is 0 Å². The highest BCUT2D eigenvalue weighted by atomic mass is 15.0. The number of aryl methyl sites for hydroxylation is 1. The Balaban J connectivity index is 2.47. The third-order valence-corrected chi connectivity index (χ3v) is 2.11. The van der Waals surface area contributed by atoms with Crippen molar-refractivity contribution in [2.45, 2.75) is 32.7 Å². The van der Waals surface area contributed by atoms with E-state index in [0.29, 0.717) is 6.04 Å². The van der Waals surface area contributed by atoms with Crippen LogP contribution >= 0.6 is 0 Å². The molecule has 0 radical (unpaired) electrons. The molecule has 14 heavy (non-hydrogen) atoms. The second-order valence-electron chi connectivity index (χ2n) is 3.63. The van der Waals surface area contributed by atoms with Crippen LogP contribution in [0.1, 0.15) is 25.3 Å². The molecule has 0 aliphatic heterocycles. The predicted molar refractivity (Wildman–Crippen MR) is 61.5 cm³/mol. The molecular formula is C12H18N2. The maximum Gasteiger partial charge on any atom is 0.126 e. The fourth-order valence-corrected chi connectivity index (χ4v) is 1.31. The molecule has 1 unspecified atom stereocenters. The van der Waals surface area contributed by atoms with E-state index in [1.54, 1.807) is 0 Å². The number of rotatable bonds is 5. The number of nitrogens with one attached hydrogen (secondary N) is 1. The molecule has 1 aromatic rings. The number of pyridine rings is 1. The van der Waals surface area contributed by atoms with Gasteiger partial charge in [-0.1, -0.05) is 6.08 Å². The van der Waals surface area contributed by atoms with Gasteiger partial charge in [-0.05, 0) is 44.4 Å². The van der Waals surface area contributed by atoms with Gasteiger partial charge in [0.05, 0.1) is 0 Å². The average Bonchev–Trinajstić information content (AvgIpc) is 2.15. The predicted octanol–water partition coefficient (Wildman–Crippen LogP) is 3.16. The van der Waals surface area contributed by atoms with Crippen molar-refractivity contribution in [3.63, 3.8) is 0 Å². The minimum Gasteiger partial charge on any atom is -0.368 e. The summed E-state index contributed by atoms with van der Waals surface area (Å²) in [5.74, 6) is 0.960. The zero-order valence-electron chi connectivity index (χ0n) is 8.96. The number of nitrogens with zero attached hydrogens (tertiary/aromatic N) is 1. The van der Waals surface area contributed by atoms with E-state index in [-0.39, 0.29) is 0 Å². The Kier molecular flexibility index (Phi) is 4.17. The highest BCUT2D eigenvalue weighted by Crippen LogP contribution is 2.09. The molecule has 1 rings (SSSR count). The summed E-state index contributed by atoms with van der Waals surface area (Å²) < 4.78 is 0. The van der Waals surface area contributed by atoms with Crippen LogP contribution in [-0.2, 0) is 0 Å². The molecular weight excluding hydrogens is 172 g/mol. The Bertz CT molecular complexity index is 294. The first kappa shape index (κ1) is 10.8. The molecule has 2 nitrogen and oxygen atoms in total. The minimum atomic E-state index is 0.447. The smallest absolute Gasteiger partial charge is 0.126 e. The summed E-state index contributed by atoms with van der Waals surface area (Å²) in [5.41, 5.74) is 1.23. The van der Waals surface area contributed by atoms with Gasteiger partial charge in [0.15, 0.2) is 0 Å². The van der Waals surface area contributed by atoms with Crippen molar-refractivity contribution in [3.05, 3.63) is 36.5 Å². The van der Waals surface area contributed by atoms with Crippen LogP contribution in [0.4, 0.5) is 5.82 Å². The Labute approximate surface area is 86.1 Å². The third-order valence-electron chi connectivity index (χ3n) is 2.11. The van der Waals surface area contributed by atoms with Crippen LogP contribution in [0.15, 0.2) is 31.0 Å². The lowest BCUT2D eigenvalue weighted by Crippen LogP contribution is -2.15. The number of aromatic nitrogens is 1. The number of allylic oxidation sites excluding steroid dienone is 1. The minimum absolute atomic E-state index is 0.447. The Morgan fingerprint density at radius 3 is 3.07 bits per heavy atom. The lowest BCUT2D eigenvalue weighted by Gasteiger charge is -2.13. The lowest BCUT2D eigenvalue weighted by molar-refractivity contribution is 0.715. The SMILES string of the molecule is C=CCCC(C)Nc1cc(C)ccn1. The van der Waals surface area contributed by atoms with Gasteiger partial charge in [-0.15, -0.1) is 6.58 Å². The normalized spacial score (nSPS) is 12.1. The molecule has 0 aliphatic carbocycles. The van der Waals surface area contributed by atoms with E-state index in [0.717, 1.165) is 18.7 Å². The summed E-state index contributed by atoms with van der Waals surface area (Å²) in [6.45, 7) is 7.94. The second-order valence-corrected chi connectivity index (χ2v) is 3.63. The molecule has 76 valence electrons. The summed E-state index contributed by atoms with van der Waals surface area (Å²) in [7, 11) is 0. The Morgan fingerprint density at radius 1 is 1.64 bits per heavy atom. The Morgan fingerprint density at radius 2 is 2.43 bits per heavy atom. The van der Waals surface area contributed by atoms with E-state index < -0.39 is 0 Å². The molecule has 1 heterocycles. The number of hydrogen-bond donors (Lipinski definition) is 1. The molecule has 0 bridgehead atoms. The van der Waals surface area contributed by atoms with Gasteiger partial charge in [0.2, 0.25) is 0 Å². The van der Waals surface area contributed by atoms with Gasteiger partial charge in [0.25, 0.3) is 0 Å². The maximum absolute atomic E-state index is 4.25. The second kappa shape index (κ2) is 5.43. The zero-order valence-corrected chi connectivity index (χ0v) is 8.96. The highest BCUT2D eigenvalue weighted by Gasteiger charge is 2.01. The van der Waals surface area contributed by atoms with Crippen LogP contribution in [-0.4, -0.2) is 11.0 Å². The van der Waals surface area contributed by atoms with Crippen LogP contribution < -0.4 is 5.32 Å². The molecule has 0 saturated carbocycles. The summed E-state index contributed by atoms with van der Waals surface area (Å²) >= 11 is 0. The van der Waals surface area contributed by atoms with Crippen molar-refractivity contribution < 1.29 is 0 Å². The monoisotopic (exact) mass is 190 g/mol. The first-order valence-electron chi connectivity index (χ1n) is 5.02. The fraction of sp³-hybridized carbons (Fsp3) is 0.417. The van der Waals surface area contributed by atoms with Crippen LogP contribution in [0.5, 0.6) is 0 Å². The van der Waals surface area contributed by atoms with Crippen LogP contribution in [0, 0.1) is 6.92 Å². The van der Waals surface area contributed by atoms with E-state index >= 15 is 0 Å². The fourth-order valence-electron chi connectivity index (χ4n) is 1.31. The van der Waals surface area contributed by atoms with Gasteiger partial charge in [-0.25, -0.2) is 4.98 Å². The van der Waals surface area contributed by atoms with Crippen LogP contribution in [0.3, 0.4) is 0 Å². The molecule has 0 aromatic carbocycles. The summed E-state index contributed by atoms with van der Waals surface area (Å²) in [5, 5.41) is 3.36. The molecule has 1 aromatic heterocycles. The average molecular weight is 190 g/mol. The van der Waals surface area contributed by atoms with Crippen molar-refractivity contribution in [3.8, 4) is 0 Å². The quantitative estimate of drug-likeness (QED) is 0.721. The molecule has 0 amide bonds. The third kappa shape index (κ3) is 3.60.